The number of hydrogen-bond acceptors (Lipinski definition) is 3. The number of amides is 2. The van der Waals surface area contributed by atoms with Crippen molar-refractivity contribution >= 4 is 11.8 Å². The number of likely N-dealkylation sites (tertiary alicyclic amines) is 1. The van der Waals surface area contributed by atoms with Gasteiger partial charge in [-0.3, -0.25) is 9.59 Å². The first-order chi connectivity index (χ1) is 10.7. The van der Waals surface area contributed by atoms with Gasteiger partial charge < -0.3 is 15.4 Å². The van der Waals surface area contributed by atoms with Gasteiger partial charge in [0.15, 0.2) is 0 Å². The number of carbonyl (C=O) groups is 2. The van der Waals surface area contributed by atoms with Gasteiger partial charge in [0.1, 0.15) is 0 Å². The summed E-state index contributed by atoms with van der Waals surface area (Å²) >= 11 is 0. The number of nitrogens with zero attached hydrogens (tertiary/aromatic N) is 1. The first-order valence-corrected chi connectivity index (χ1v) is 7.91. The molecule has 118 valence electrons. The molecular formula is C17H22N2O3. The molecule has 1 aromatic rings. The monoisotopic (exact) mass is 302 g/mol. The van der Waals surface area contributed by atoms with E-state index in [0.717, 1.165) is 18.4 Å². The maximum absolute atomic E-state index is 12.8. The molecule has 3 atom stereocenters. The second-order valence-electron chi connectivity index (χ2n) is 6.12. The summed E-state index contributed by atoms with van der Waals surface area (Å²) in [7, 11) is 0. The molecule has 0 saturated carbocycles. The Hall–Kier alpha value is -1.88. The molecule has 2 heterocycles. The summed E-state index contributed by atoms with van der Waals surface area (Å²) in [5.74, 6) is -0.585. The fourth-order valence-corrected chi connectivity index (χ4v) is 3.43. The van der Waals surface area contributed by atoms with E-state index in [1.165, 1.54) is 0 Å². The Morgan fingerprint density at radius 2 is 1.95 bits per heavy atom. The lowest BCUT2D eigenvalue weighted by atomic mass is 9.88. The Kier molecular flexibility index (Phi) is 4.43. The Morgan fingerprint density at radius 3 is 2.64 bits per heavy atom. The van der Waals surface area contributed by atoms with Crippen LogP contribution < -0.4 is 5.73 Å². The zero-order valence-electron chi connectivity index (χ0n) is 12.6. The summed E-state index contributed by atoms with van der Waals surface area (Å²) in [6.07, 6.45) is 2.21. The van der Waals surface area contributed by atoms with E-state index in [2.05, 4.69) is 0 Å². The van der Waals surface area contributed by atoms with Crippen molar-refractivity contribution in [2.45, 2.75) is 25.4 Å². The molecule has 22 heavy (non-hydrogen) atoms. The van der Waals surface area contributed by atoms with E-state index in [9.17, 15) is 9.59 Å². The van der Waals surface area contributed by atoms with Crippen molar-refractivity contribution in [1.29, 1.82) is 0 Å². The third-order valence-corrected chi connectivity index (χ3v) is 4.67. The van der Waals surface area contributed by atoms with E-state index in [1.54, 1.807) is 4.90 Å². The molecule has 0 aromatic heterocycles. The van der Waals surface area contributed by atoms with Crippen LogP contribution in [-0.2, 0) is 14.3 Å². The zero-order valence-corrected chi connectivity index (χ0v) is 12.6. The molecule has 0 aliphatic carbocycles. The van der Waals surface area contributed by atoms with Crippen LogP contribution in [0.2, 0.25) is 0 Å². The van der Waals surface area contributed by atoms with Gasteiger partial charge in [0.05, 0.1) is 17.9 Å². The molecule has 2 saturated heterocycles. The molecule has 2 aliphatic heterocycles. The highest BCUT2D eigenvalue weighted by Crippen LogP contribution is 2.35. The third kappa shape index (κ3) is 2.99. The standard InChI is InChI=1S/C17H22N2O3/c18-16(20)13-8-9-19(11-13)17(21)14-7-4-10-22-15(14)12-5-2-1-3-6-12/h1-3,5-6,13-15H,4,7-11H2,(H2,18,20)/t13-,14-,15-/m1/s1. The van der Waals surface area contributed by atoms with Crippen LogP contribution >= 0.6 is 0 Å². The van der Waals surface area contributed by atoms with Crippen molar-refractivity contribution in [3.8, 4) is 0 Å². The topological polar surface area (TPSA) is 72.6 Å². The molecule has 2 fully saturated rings. The molecule has 5 heteroatoms. The van der Waals surface area contributed by atoms with Crippen LogP contribution in [0.15, 0.2) is 30.3 Å². The number of carbonyl (C=O) groups excluding carboxylic acids is 2. The van der Waals surface area contributed by atoms with E-state index in [1.807, 2.05) is 30.3 Å². The minimum Gasteiger partial charge on any atom is -0.373 e. The first-order valence-electron chi connectivity index (χ1n) is 7.91. The molecule has 0 radical (unpaired) electrons. The quantitative estimate of drug-likeness (QED) is 0.919. The van der Waals surface area contributed by atoms with Gasteiger partial charge in [0, 0.05) is 19.7 Å². The predicted molar refractivity (Wildman–Crippen MR) is 81.7 cm³/mol. The second kappa shape index (κ2) is 6.48. The predicted octanol–water partition coefficient (Wildman–Crippen LogP) is 1.49. The third-order valence-electron chi connectivity index (χ3n) is 4.67. The molecule has 2 aliphatic rings. The number of hydrogen-bond donors (Lipinski definition) is 1. The van der Waals surface area contributed by atoms with Gasteiger partial charge in [-0.05, 0) is 24.8 Å². The van der Waals surface area contributed by atoms with E-state index in [0.29, 0.717) is 26.1 Å². The van der Waals surface area contributed by atoms with Gasteiger partial charge >= 0.3 is 0 Å². The van der Waals surface area contributed by atoms with Crippen LogP contribution in [0.4, 0.5) is 0 Å². The molecule has 5 nitrogen and oxygen atoms in total. The van der Waals surface area contributed by atoms with Crippen molar-refractivity contribution < 1.29 is 14.3 Å². The zero-order chi connectivity index (χ0) is 15.5. The average molecular weight is 302 g/mol. The normalized spacial score (nSPS) is 28.5. The van der Waals surface area contributed by atoms with Gasteiger partial charge in [-0.15, -0.1) is 0 Å². The fourth-order valence-electron chi connectivity index (χ4n) is 3.43. The number of rotatable bonds is 3. The molecule has 2 N–H and O–H groups in total. The lowest BCUT2D eigenvalue weighted by Crippen LogP contribution is -2.40. The number of ether oxygens (including phenoxy) is 1. The molecule has 1 aromatic carbocycles. The summed E-state index contributed by atoms with van der Waals surface area (Å²) in [5, 5.41) is 0. The number of benzene rings is 1. The van der Waals surface area contributed by atoms with Gasteiger partial charge in [-0.1, -0.05) is 30.3 Å². The summed E-state index contributed by atoms with van der Waals surface area (Å²) in [6, 6.07) is 9.90. The molecule has 3 rings (SSSR count). The van der Waals surface area contributed by atoms with E-state index >= 15 is 0 Å². The molecule has 2 amide bonds. The summed E-state index contributed by atoms with van der Waals surface area (Å²) in [4.78, 5) is 25.9. The fraction of sp³-hybridized carbons (Fsp3) is 0.529. The highest BCUT2D eigenvalue weighted by Gasteiger charge is 2.38. The van der Waals surface area contributed by atoms with E-state index in [-0.39, 0.29) is 29.8 Å². The van der Waals surface area contributed by atoms with Crippen molar-refractivity contribution in [2.24, 2.45) is 17.6 Å². The highest BCUT2D eigenvalue weighted by atomic mass is 16.5. The van der Waals surface area contributed by atoms with Gasteiger partial charge in [0.25, 0.3) is 0 Å². The number of primary amides is 1. The van der Waals surface area contributed by atoms with Crippen molar-refractivity contribution in [1.82, 2.24) is 4.90 Å². The Morgan fingerprint density at radius 1 is 1.18 bits per heavy atom. The first kappa shape index (κ1) is 15.0. The summed E-state index contributed by atoms with van der Waals surface area (Å²) < 4.78 is 5.89. The number of nitrogens with two attached hydrogens (primary N) is 1. The molecular weight excluding hydrogens is 280 g/mol. The molecule has 0 spiro atoms. The Balaban J connectivity index is 1.74. The van der Waals surface area contributed by atoms with Crippen LogP contribution in [-0.4, -0.2) is 36.4 Å². The summed E-state index contributed by atoms with van der Waals surface area (Å²) in [5.41, 5.74) is 6.40. The smallest absolute Gasteiger partial charge is 0.228 e. The van der Waals surface area contributed by atoms with Crippen molar-refractivity contribution in [3.63, 3.8) is 0 Å². The van der Waals surface area contributed by atoms with Crippen molar-refractivity contribution in [2.75, 3.05) is 19.7 Å². The molecule has 0 unspecified atom stereocenters. The van der Waals surface area contributed by atoms with Crippen molar-refractivity contribution in [3.05, 3.63) is 35.9 Å². The van der Waals surface area contributed by atoms with Crippen LogP contribution in [0.25, 0.3) is 0 Å². The Labute approximate surface area is 130 Å². The lowest BCUT2D eigenvalue weighted by Gasteiger charge is -2.33. The molecule has 0 bridgehead atoms. The van der Waals surface area contributed by atoms with Crippen LogP contribution in [0, 0.1) is 11.8 Å². The van der Waals surface area contributed by atoms with Crippen LogP contribution in [0.5, 0.6) is 0 Å². The van der Waals surface area contributed by atoms with Gasteiger partial charge in [-0.25, -0.2) is 0 Å². The minimum absolute atomic E-state index is 0.0947. The van der Waals surface area contributed by atoms with Crippen LogP contribution in [0.3, 0.4) is 0 Å². The van der Waals surface area contributed by atoms with Gasteiger partial charge in [-0.2, -0.15) is 0 Å². The highest BCUT2D eigenvalue weighted by molar-refractivity contribution is 5.83. The van der Waals surface area contributed by atoms with E-state index < -0.39 is 0 Å². The maximum atomic E-state index is 12.8. The summed E-state index contributed by atoms with van der Waals surface area (Å²) in [6.45, 7) is 1.75. The maximum Gasteiger partial charge on any atom is 0.228 e. The average Bonchev–Trinajstić information content (AvgIpc) is 3.05. The van der Waals surface area contributed by atoms with Gasteiger partial charge in [0.2, 0.25) is 11.8 Å². The minimum atomic E-state index is -0.310. The second-order valence-corrected chi connectivity index (χ2v) is 6.12. The largest absolute Gasteiger partial charge is 0.373 e. The lowest BCUT2D eigenvalue weighted by molar-refractivity contribution is -0.144. The SMILES string of the molecule is NC(=O)[C@@H]1CCN(C(=O)[C@@H]2CCCO[C@@H]2c2ccccc2)C1. The van der Waals surface area contributed by atoms with Crippen LogP contribution in [0.1, 0.15) is 30.9 Å². The Bertz CT molecular complexity index is 546. The van der Waals surface area contributed by atoms with E-state index in [4.69, 9.17) is 10.5 Å².